The summed E-state index contributed by atoms with van der Waals surface area (Å²) in [7, 11) is 0. The third kappa shape index (κ3) is 5.16. The lowest BCUT2D eigenvalue weighted by atomic mass is 10.0. The average Bonchev–Trinajstić information content (AvgIpc) is 3.16. The monoisotopic (exact) mass is 427 g/mol. The van der Waals surface area contributed by atoms with Crippen molar-refractivity contribution in [2.45, 2.75) is 26.3 Å². The summed E-state index contributed by atoms with van der Waals surface area (Å²) < 4.78 is 5.35. The van der Waals surface area contributed by atoms with Gasteiger partial charge in [-0.05, 0) is 60.9 Å². The predicted octanol–water partition coefficient (Wildman–Crippen LogP) is 5.12. The van der Waals surface area contributed by atoms with Gasteiger partial charge in [0.1, 0.15) is 11.8 Å². The summed E-state index contributed by atoms with van der Waals surface area (Å²) in [4.78, 5) is 29.0. The fraction of sp³-hybridized carbons (Fsp3) is 0.154. The number of rotatable bonds is 6. The molecule has 162 valence electrons. The van der Waals surface area contributed by atoms with Crippen molar-refractivity contribution in [3.8, 4) is 5.75 Å². The molecule has 1 atom stereocenters. The van der Waals surface area contributed by atoms with Crippen LogP contribution in [0, 0.1) is 13.8 Å². The molecule has 0 saturated heterocycles. The van der Waals surface area contributed by atoms with E-state index in [0.717, 1.165) is 27.6 Å². The molecule has 0 aliphatic carbocycles. The van der Waals surface area contributed by atoms with E-state index in [9.17, 15) is 9.59 Å². The van der Waals surface area contributed by atoms with Gasteiger partial charge in [-0.2, -0.15) is 0 Å². The molecule has 4 aromatic rings. The number of aromatic amines is 1. The fourth-order valence-electron chi connectivity index (χ4n) is 3.77. The maximum absolute atomic E-state index is 13.2. The second-order valence-corrected chi connectivity index (χ2v) is 7.83. The van der Waals surface area contributed by atoms with Crippen LogP contribution in [-0.4, -0.2) is 23.0 Å². The first kappa shape index (κ1) is 21.2. The summed E-state index contributed by atoms with van der Waals surface area (Å²) in [6, 6.07) is 21.6. The molecular formula is C26H25N3O3. The van der Waals surface area contributed by atoms with E-state index < -0.39 is 12.1 Å². The number of hydrogen-bond donors (Lipinski definition) is 3. The van der Waals surface area contributed by atoms with E-state index in [0.29, 0.717) is 17.9 Å². The first-order valence-electron chi connectivity index (χ1n) is 10.5. The molecule has 6 nitrogen and oxygen atoms in total. The summed E-state index contributed by atoms with van der Waals surface area (Å²) >= 11 is 0. The first-order chi connectivity index (χ1) is 15.5. The highest BCUT2D eigenvalue weighted by Gasteiger charge is 2.24. The molecule has 6 heteroatoms. The summed E-state index contributed by atoms with van der Waals surface area (Å²) in [5.74, 6) is 0.0934. The summed E-state index contributed by atoms with van der Waals surface area (Å²) in [5.41, 5.74) is 4.69. The maximum atomic E-state index is 13.2. The van der Waals surface area contributed by atoms with E-state index in [4.69, 9.17) is 4.74 Å². The normalized spacial score (nSPS) is 11.7. The van der Waals surface area contributed by atoms with Crippen molar-refractivity contribution in [3.05, 3.63) is 95.7 Å². The van der Waals surface area contributed by atoms with E-state index in [1.54, 1.807) is 24.3 Å². The van der Waals surface area contributed by atoms with Crippen molar-refractivity contribution >= 4 is 28.6 Å². The van der Waals surface area contributed by atoms with Crippen molar-refractivity contribution in [3.63, 3.8) is 0 Å². The summed E-state index contributed by atoms with van der Waals surface area (Å²) in [5, 5.41) is 6.67. The van der Waals surface area contributed by atoms with Crippen molar-refractivity contribution < 1.29 is 14.3 Å². The minimum atomic E-state index is -0.828. The maximum Gasteiger partial charge on any atom is 0.413 e. The van der Waals surface area contributed by atoms with Crippen LogP contribution in [0.25, 0.3) is 10.9 Å². The SMILES string of the molecule is Cc1cc(C)cc(NC(=O)C(Cc2c[nH]c3ccccc23)NC(=O)Oc2ccccc2)c1. The van der Waals surface area contributed by atoms with E-state index in [2.05, 4.69) is 15.6 Å². The molecule has 0 fully saturated rings. The van der Waals surface area contributed by atoms with Crippen molar-refractivity contribution in [1.29, 1.82) is 0 Å². The number of carbonyl (C=O) groups excluding carboxylic acids is 2. The van der Waals surface area contributed by atoms with Gasteiger partial charge >= 0.3 is 6.09 Å². The second-order valence-electron chi connectivity index (χ2n) is 7.83. The van der Waals surface area contributed by atoms with Crippen LogP contribution in [0.5, 0.6) is 5.75 Å². The molecule has 1 unspecified atom stereocenters. The first-order valence-corrected chi connectivity index (χ1v) is 10.5. The van der Waals surface area contributed by atoms with Crippen molar-refractivity contribution in [2.75, 3.05) is 5.32 Å². The van der Waals surface area contributed by atoms with Crippen LogP contribution in [0.1, 0.15) is 16.7 Å². The van der Waals surface area contributed by atoms with Crippen LogP contribution in [0.4, 0.5) is 10.5 Å². The Morgan fingerprint density at radius 1 is 0.938 bits per heavy atom. The molecule has 32 heavy (non-hydrogen) atoms. The molecule has 0 bridgehead atoms. The van der Waals surface area contributed by atoms with Gasteiger partial charge in [0.15, 0.2) is 0 Å². The van der Waals surface area contributed by atoms with Crippen LogP contribution in [0.15, 0.2) is 79.0 Å². The van der Waals surface area contributed by atoms with Gasteiger partial charge in [0.2, 0.25) is 5.91 Å². The quantitative estimate of drug-likeness (QED) is 0.399. The number of aryl methyl sites for hydroxylation is 2. The minimum absolute atomic E-state index is 0.310. The topological polar surface area (TPSA) is 83.2 Å². The zero-order valence-corrected chi connectivity index (χ0v) is 18.0. The highest BCUT2D eigenvalue weighted by molar-refractivity contribution is 5.97. The number of carbonyl (C=O) groups is 2. The second kappa shape index (κ2) is 9.39. The predicted molar refractivity (Wildman–Crippen MR) is 126 cm³/mol. The third-order valence-corrected chi connectivity index (χ3v) is 5.15. The van der Waals surface area contributed by atoms with Gasteiger partial charge in [-0.15, -0.1) is 0 Å². The number of amides is 2. The van der Waals surface area contributed by atoms with Gasteiger partial charge < -0.3 is 20.4 Å². The van der Waals surface area contributed by atoms with Crippen molar-refractivity contribution in [1.82, 2.24) is 10.3 Å². The lowest BCUT2D eigenvalue weighted by Gasteiger charge is -2.19. The Bertz CT molecular complexity index is 1230. The molecule has 3 aromatic carbocycles. The van der Waals surface area contributed by atoms with E-state index >= 15 is 0 Å². The Labute approximate surface area is 186 Å². The molecular weight excluding hydrogens is 402 g/mol. The number of aromatic nitrogens is 1. The van der Waals surface area contributed by atoms with Crippen LogP contribution in [0.3, 0.4) is 0 Å². The molecule has 0 saturated carbocycles. The average molecular weight is 428 g/mol. The summed E-state index contributed by atoms with van der Waals surface area (Å²) in [6.45, 7) is 3.95. The Hall–Kier alpha value is -4.06. The number of para-hydroxylation sites is 2. The van der Waals surface area contributed by atoms with E-state index in [1.165, 1.54) is 0 Å². The van der Waals surface area contributed by atoms with Gasteiger partial charge in [-0.25, -0.2) is 4.79 Å². The molecule has 1 aromatic heterocycles. The van der Waals surface area contributed by atoms with Crippen molar-refractivity contribution in [2.24, 2.45) is 0 Å². The van der Waals surface area contributed by atoms with E-state index in [-0.39, 0.29) is 5.91 Å². The minimum Gasteiger partial charge on any atom is -0.410 e. The number of H-pyrrole nitrogens is 1. The molecule has 0 aliphatic heterocycles. The molecule has 4 rings (SSSR count). The van der Waals surface area contributed by atoms with Crippen LogP contribution in [0.2, 0.25) is 0 Å². The standard InChI is InChI=1S/C26H25N3O3/c1-17-12-18(2)14-20(13-17)28-25(30)24(29-26(31)32-21-8-4-3-5-9-21)15-19-16-27-23-11-7-6-10-22(19)23/h3-14,16,24,27H,15H2,1-2H3,(H,28,30)(H,29,31). The van der Waals surface area contributed by atoms with Gasteiger partial charge in [0.05, 0.1) is 0 Å². The van der Waals surface area contributed by atoms with Crippen LogP contribution < -0.4 is 15.4 Å². The Morgan fingerprint density at radius 2 is 1.62 bits per heavy atom. The lowest BCUT2D eigenvalue weighted by Crippen LogP contribution is -2.46. The molecule has 2 amide bonds. The highest BCUT2D eigenvalue weighted by Crippen LogP contribution is 2.20. The van der Waals surface area contributed by atoms with Gasteiger partial charge in [-0.3, -0.25) is 4.79 Å². The Balaban J connectivity index is 1.56. The number of fused-ring (bicyclic) bond motifs is 1. The molecule has 0 aliphatic rings. The molecule has 0 spiro atoms. The number of ether oxygens (including phenoxy) is 1. The molecule has 3 N–H and O–H groups in total. The largest absolute Gasteiger partial charge is 0.413 e. The van der Waals surface area contributed by atoms with Gasteiger partial charge in [-0.1, -0.05) is 42.5 Å². The van der Waals surface area contributed by atoms with Crippen LogP contribution in [-0.2, 0) is 11.2 Å². The molecule has 1 heterocycles. The third-order valence-electron chi connectivity index (χ3n) is 5.15. The van der Waals surface area contributed by atoms with Gasteiger partial charge in [0, 0.05) is 29.2 Å². The Morgan fingerprint density at radius 3 is 2.38 bits per heavy atom. The summed E-state index contributed by atoms with van der Waals surface area (Å²) in [6.07, 6.45) is 1.49. The number of benzene rings is 3. The highest BCUT2D eigenvalue weighted by atomic mass is 16.6. The lowest BCUT2D eigenvalue weighted by molar-refractivity contribution is -0.118. The fourth-order valence-corrected chi connectivity index (χ4v) is 3.77. The zero-order valence-electron chi connectivity index (χ0n) is 18.0. The molecule has 0 radical (unpaired) electrons. The van der Waals surface area contributed by atoms with Gasteiger partial charge in [0.25, 0.3) is 0 Å². The Kier molecular flexibility index (Phi) is 6.22. The number of anilines is 1. The zero-order chi connectivity index (χ0) is 22.5. The smallest absolute Gasteiger partial charge is 0.410 e. The van der Waals surface area contributed by atoms with Crippen LogP contribution >= 0.6 is 0 Å². The van der Waals surface area contributed by atoms with E-state index in [1.807, 2.05) is 68.6 Å². The number of hydrogen-bond acceptors (Lipinski definition) is 3. The number of nitrogens with one attached hydrogen (secondary N) is 3.